The summed E-state index contributed by atoms with van der Waals surface area (Å²) in [7, 11) is -0.702. The predicted molar refractivity (Wildman–Crippen MR) is 248 cm³/mol. The van der Waals surface area contributed by atoms with Crippen molar-refractivity contribution >= 4 is 61.6 Å². The quantitative estimate of drug-likeness (QED) is 0.118. The summed E-state index contributed by atoms with van der Waals surface area (Å²) in [6.07, 6.45) is 12.1. The summed E-state index contributed by atoms with van der Waals surface area (Å²) in [5, 5.41) is 14.3. The summed E-state index contributed by atoms with van der Waals surface area (Å²) in [6, 6.07) is 67.8. The van der Waals surface area contributed by atoms with E-state index in [-0.39, 0.29) is 0 Å². The van der Waals surface area contributed by atoms with Crippen molar-refractivity contribution in [1.29, 1.82) is 0 Å². The van der Waals surface area contributed by atoms with Gasteiger partial charge in [-0.25, -0.2) is 0 Å². The van der Waals surface area contributed by atoms with Crippen LogP contribution < -0.4 is 10.6 Å². The summed E-state index contributed by atoms with van der Waals surface area (Å²) in [6.45, 7) is 4.00. The van der Waals surface area contributed by atoms with Crippen LogP contribution in [-0.4, -0.2) is 0 Å². The molecule has 1 aliphatic carbocycles. The Morgan fingerprint density at radius 2 is 0.893 bits per heavy atom. The molecule has 9 aromatic carbocycles. The second-order valence-electron chi connectivity index (χ2n) is 14.1. The van der Waals surface area contributed by atoms with Gasteiger partial charge in [0.1, 0.15) is 0 Å². The molecule has 268 valence electrons. The summed E-state index contributed by atoms with van der Waals surface area (Å²) in [5.41, 5.74) is 7.50. The highest BCUT2D eigenvalue weighted by Crippen LogP contribution is 2.48. The van der Waals surface area contributed by atoms with Gasteiger partial charge in [0.25, 0.3) is 0 Å². The van der Waals surface area contributed by atoms with Gasteiger partial charge in [-0.2, -0.15) is 0 Å². The van der Waals surface area contributed by atoms with E-state index >= 15 is 0 Å². The van der Waals surface area contributed by atoms with Crippen LogP contribution in [0.5, 0.6) is 0 Å². The van der Waals surface area contributed by atoms with Gasteiger partial charge in [-0.1, -0.05) is 202 Å². The zero-order valence-electron chi connectivity index (χ0n) is 31.9. The smallest absolute Gasteiger partial charge is 0.00259 e. The number of hydrogen-bond acceptors (Lipinski definition) is 0. The number of allylic oxidation sites excluding steroid dienone is 6. The normalized spacial score (nSPS) is 13.0. The molecule has 9 aromatic rings. The van der Waals surface area contributed by atoms with Crippen LogP contribution in [0, 0.1) is 0 Å². The van der Waals surface area contributed by atoms with E-state index in [9.17, 15) is 0 Å². The van der Waals surface area contributed by atoms with E-state index in [1.807, 2.05) is 13.8 Å². The molecule has 0 saturated heterocycles. The molecule has 1 heteroatoms. The van der Waals surface area contributed by atoms with Crippen LogP contribution >= 0.6 is 7.92 Å². The largest absolute Gasteiger partial charge is 0.0801 e. The maximum Gasteiger partial charge on any atom is -0.00259 e. The van der Waals surface area contributed by atoms with Gasteiger partial charge in [-0.3, -0.25) is 0 Å². The van der Waals surface area contributed by atoms with Crippen molar-refractivity contribution in [3.63, 3.8) is 0 Å². The fourth-order valence-corrected chi connectivity index (χ4v) is 10.7. The minimum absolute atomic E-state index is 0.702. The Balaban J connectivity index is 0.00000202. The molecule has 0 bridgehead atoms. The van der Waals surface area contributed by atoms with Crippen LogP contribution in [0.3, 0.4) is 0 Å². The second-order valence-corrected chi connectivity index (χ2v) is 16.4. The molecule has 1 atom stereocenters. The maximum atomic E-state index is 2.46. The third-order valence-corrected chi connectivity index (χ3v) is 13.3. The van der Waals surface area contributed by atoms with Crippen LogP contribution in [0.25, 0.3) is 76.5 Å². The van der Waals surface area contributed by atoms with E-state index in [0.29, 0.717) is 0 Å². The Labute approximate surface area is 331 Å². The minimum Gasteiger partial charge on any atom is -0.0801 e. The topological polar surface area (TPSA) is 0 Å². The highest BCUT2D eigenvalue weighted by Gasteiger charge is 2.21. The number of fused-ring (bicyclic) bond motifs is 4. The lowest BCUT2D eigenvalue weighted by molar-refractivity contribution is 1.36. The highest BCUT2D eigenvalue weighted by atomic mass is 31.1. The lowest BCUT2D eigenvalue weighted by Gasteiger charge is -2.22. The van der Waals surface area contributed by atoms with Crippen molar-refractivity contribution in [2.75, 3.05) is 0 Å². The molecular weight excluding hydrogens is 692 g/mol. The van der Waals surface area contributed by atoms with E-state index in [1.165, 1.54) is 92.4 Å². The molecular formula is C55H43P. The predicted octanol–water partition coefficient (Wildman–Crippen LogP) is 15.2. The fourth-order valence-electron chi connectivity index (χ4n) is 8.28. The lowest BCUT2D eigenvalue weighted by Crippen LogP contribution is -2.13. The maximum absolute atomic E-state index is 2.46. The first-order valence-electron chi connectivity index (χ1n) is 19.7. The van der Waals surface area contributed by atoms with Gasteiger partial charge in [0.2, 0.25) is 0 Å². The Hall–Kier alpha value is -6.33. The van der Waals surface area contributed by atoms with Crippen LogP contribution in [0.1, 0.15) is 20.3 Å². The molecule has 0 aliphatic heterocycles. The van der Waals surface area contributed by atoms with Gasteiger partial charge < -0.3 is 0 Å². The molecule has 0 amide bonds. The molecule has 10 rings (SSSR count). The zero-order chi connectivity index (χ0) is 37.8. The average molecular weight is 735 g/mol. The van der Waals surface area contributed by atoms with Crippen LogP contribution in [0.2, 0.25) is 0 Å². The molecule has 0 heterocycles. The Morgan fingerprint density at radius 3 is 1.57 bits per heavy atom. The summed E-state index contributed by atoms with van der Waals surface area (Å²) >= 11 is 0. The average Bonchev–Trinajstić information content (AvgIpc) is 3.56. The SMILES string of the molecule is C1=CC=C(P(c2ccccc2)c2cccc(-c3ccc4c(-c5ccc6ccccc6c5)c5ccccc5c(-c5ccc6ccccc6c5)c4c3)c2)CC=C1.CC. The minimum atomic E-state index is -0.702. The van der Waals surface area contributed by atoms with Crippen molar-refractivity contribution in [1.82, 2.24) is 0 Å². The summed E-state index contributed by atoms with van der Waals surface area (Å²) in [4.78, 5) is 0. The Kier molecular flexibility index (Phi) is 9.98. The molecule has 0 spiro atoms. The Morgan fingerprint density at radius 1 is 0.357 bits per heavy atom. The molecule has 0 radical (unpaired) electrons. The van der Waals surface area contributed by atoms with Crippen molar-refractivity contribution in [2.45, 2.75) is 20.3 Å². The molecule has 0 aromatic heterocycles. The third kappa shape index (κ3) is 6.68. The van der Waals surface area contributed by atoms with E-state index in [0.717, 1.165) is 6.42 Å². The first-order chi connectivity index (χ1) is 27.8. The number of hydrogen-bond donors (Lipinski definition) is 0. The number of benzene rings is 9. The molecule has 0 N–H and O–H groups in total. The highest BCUT2D eigenvalue weighted by molar-refractivity contribution is 7.76. The van der Waals surface area contributed by atoms with Gasteiger partial charge in [-0.05, 0) is 131 Å². The molecule has 56 heavy (non-hydrogen) atoms. The summed E-state index contributed by atoms with van der Waals surface area (Å²) < 4.78 is 0. The van der Waals surface area contributed by atoms with Crippen LogP contribution in [0.4, 0.5) is 0 Å². The first kappa shape index (κ1) is 35.4. The molecule has 0 nitrogen and oxygen atoms in total. The van der Waals surface area contributed by atoms with Gasteiger partial charge in [0.15, 0.2) is 0 Å². The van der Waals surface area contributed by atoms with E-state index < -0.39 is 7.92 Å². The third-order valence-electron chi connectivity index (χ3n) is 10.8. The zero-order valence-corrected chi connectivity index (χ0v) is 32.8. The van der Waals surface area contributed by atoms with E-state index in [2.05, 4.69) is 212 Å². The van der Waals surface area contributed by atoms with Crippen molar-refractivity contribution < 1.29 is 0 Å². The molecule has 0 saturated carbocycles. The summed E-state index contributed by atoms with van der Waals surface area (Å²) in [5.74, 6) is 0. The van der Waals surface area contributed by atoms with Gasteiger partial charge in [0.05, 0.1) is 0 Å². The standard InChI is InChI=1S/C53H37P.C2H6/c1-2-5-21-45(20-4-1)54(46-22-6-3-7-23-46)47-24-14-19-41(35-47)42-31-32-50-51(36-42)53(44-30-28-38-16-9-11-18-40(38)34-44)49-26-13-12-25-48(49)52(50)43-29-27-37-15-8-10-17-39(37)33-43;1-2/h1-20,22-36H,21H2;1-2H3. The van der Waals surface area contributed by atoms with E-state index in [1.54, 1.807) is 0 Å². The van der Waals surface area contributed by atoms with Gasteiger partial charge in [-0.15, -0.1) is 0 Å². The Bertz CT molecular complexity index is 2960. The van der Waals surface area contributed by atoms with Crippen molar-refractivity contribution in [3.8, 4) is 33.4 Å². The van der Waals surface area contributed by atoms with Crippen molar-refractivity contribution in [2.24, 2.45) is 0 Å². The first-order valence-corrected chi connectivity index (χ1v) is 21.1. The van der Waals surface area contributed by atoms with Crippen LogP contribution in [-0.2, 0) is 0 Å². The molecule has 1 aliphatic rings. The monoisotopic (exact) mass is 734 g/mol. The van der Waals surface area contributed by atoms with Crippen LogP contribution in [0.15, 0.2) is 218 Å². The van der Waals surface area contributed by atoms with Crippen molar-refractivity contribution in [3.05, 3.63) is 218 Å². The lowest BCUT2D eigenvalue weighted by atomic mass is 9.84. The second kappa shape index (κ2) is 15.8. The fraction of sp³-hybridized carbons (Fsp3) is 0.0545. The van der Waals surface area contributed by atoms with Gasteiger partial charge in [0, 0.05) is 0 Å². The molecule has 0 fully saturated rings. The van der Waals surface area contributed by atoms with E-state index in [4.69, 9.17) is 0 Å². The number of rotatable bonds is 6. The van der Waals surface area contributed by atoms with Gasteiger partial charge >= 0.3 is 0 Å². The molecule has 1 unspecified atom stereocenters.